The molecule has 4 N–H and O–H groups in total. The Hall–Kier alpha value is -1.22. The Bertz CT molecular complexity index is 492. The smallest absolute Gasteiger partial charge is 0.257 e. The van der Waals surface area contributed by atoms with E-state index in [0.717, 1.165) is 17.3 Å². The lowest BCUT2D eigenvalue weighted by Crippen LogP contribution is -2.41. The molecular formula is C13H19BrN4O3. The van der Waals surface area contributed by atoms with Crippen LogP contribution in [-0.2, 0) is 4.74 Å². The Labute approximate surface area is 131 Å². The van der Waals surface area contributed by atoms with E-state index >= 15 is 0 Å². The van der Waals surface area contributed by atoms with E-state index in [-0.39, 0.29) is 18.6 Å². The van der Waals surface area contributed by atoms with E-state index in [4.69, 9.17) is 15.7 Å². The molecule has 0 aliphatic carbocycles. The molecule has 1 saturated heterocycles. The van der Waals surface area contributed by atoms with Crippen molar-refractivity contribution in [2.24, 2.45) is 5.84 Å². The van der Waals surface area contributed by atoms with E-state index in [9.17, 15) is 4.79 Å². The second-order valence-electron chi connectivity index (χ2n) is 4.78. The van der Waals surface area contributed by atoms with Crippen molar-refractivity contribution in [1.29, 1.82) is 0 Å². The Morgan fingerprint density at radius 3 is 2.90 bits per heavy atom. The number of ether oxygens (including phenoxy) is 1. The number of anilines is 1. The maximum Gasteiger partial charge on any atom is 0.257 e. The molecular weight excluding hydrogens is 340 g/mol. The van der Waals surface area contributed by atoms with Crippen LogP contribution in [0.3, 0.4) is 0 Å². The number of hydrazine groups is 1. The number of hydrogen-bond acceptors (Lipinski definition) is 6. The van der Waals surface area contributed by atoms with E-state index in [2.05, 4.69) is 26.3 Å². The highest BCUT2D eigenvalue weighted by Gasteiger charge is 2.25. The van der Waals surface area contributed by atoms with E-state index < -0.39 is 0 Å². The van der Waals surface area contributed by atoms with Gasteiger partial charge in [-0.3, -0.25) is 4.79 Å². The minimum Gasteiger partial charge on any atom is -0.394 e. The van der Waals surface area contributed by atoms with Gasteiger partial charge >= 0.3 is 0 Å². The summed E-state index contributed by atoms with van der Waals surface area (Å²) in [6.07, 6.45) is 3.21. The third kappa shape index (κ3) is 4.13. The predicted molar refractivity (Wildman–Crippen MR) is 81.7 cm³/mol. The van der Waals surface area contributed by atoms with Crippen molar-refractivity contribution in [2.75, 3.05) is 31.7 Å². The van der Waals surface area contributed by atoms with Crippen LogP contribution in [0.15, 0.2) is 16.7 Å². The van der Waals surface area contributed by atoms with E-state index in [1.165, 1.54) is 0 Å². The second-order valence-corrected chi connectivity index (χ2v) is 5.70. The number of aromatic nitrogens is 1. The summed E-state index contributed by atoms with van der Waals surface area (Å²) in [5.41, 5.74) is 2.89. The van der Waals surface area contributed by atoms with Crippen LogP contribution in [-0.4, -0.2) is 53.3 Å². The third-order valence-corrected chi connectivity index (χ3v) is 3.83. The fourth-order valence-corrected chi connectivity index (χ4v) is 2.66. The van der Waals surface area contributed by atoms with Gasteiger partial charge in [-0.05, 0) is 34.8 Å². The van der Waals surface area contributed by atoms with E-state index in [0.29, 0.717) is 31.1 Å². The number of nitrogen functional groups attached to an aromatic ring is 1. The first-order chi connectivity index (χ1) is 10.2. The van der Waals surface area contributed by atoms with Crippen LogP contribution in [0.1, 0.15) is 23.2 Å². The zero-order valence-corrected chi connectivity index (χ0v) is 13.2. The second kappa shape index (κ2) is 7.69. The van der Waals surface area contributed by atoms with Crippen LogP contribution in [0.25, 0.3) is 0 Å². The van der Waals surface area contributed by atoms with Crippen molar-refractivity contribution < 1.29 is 14.6 Å². The molecule has 8 heteroatoms. The molecule has 1 aromatic heterocycles. The van der Waals surface area contributed by atoms with Gasteiger partial charge in [0.15, 0.2) is 5.82 Å². The molecule has 1 aromatic rings. The predicted octanol–water partition coefficient (Wildman–Crippen LogP) is 0.743. The van der Waals surface area contributed by atoms with Gasteiger partial charge in [-0.1, -0.05) is 0 Å². The third-order valence-electron chi connectivity index (χ3n) is 3.40. The number of hydrogen-bond donors (Lipinski definition) is 3. The Morgan fingerprint density at radius 2 is 2.29 bits per heavy atom. The summed E-state index contributed by atoms with van der Waals surface area (Å²) in [4.78, 5) is 18.4. The monoisotopic (exact) mass is 358 g/mol. The molecule has 0 atom stereocenters. The summed E-state index contributed by atoms with van der Waals surface area (Å²) in [7, 11) is 0. The maximum atomic E-state index is 12.5. The lowest BCUT2D eigenvalue weighted by atomic mass is 10.1. The molecule has 0 spiro atoms. The average Bonchev–Trinajstić information content (AvgIpc) is 2.52. The number of carbonyl (C=O) groups is 1. The van der Waals surface area contributed by atoms with Gasteiger partial charge in [0.1, 0.15) is 0 Å². The molecule has 1 aliphatic heterocycles. The lowest BCUT2D eigenvalue weighted by molar-refractivity contribution is -0.00553. The lowest BCUT2D eigenvalue weighted by Gasteiger charge is -2.32. The van der Waals surface area contributed by atoms with Crippen molar-refractivity contribution in [3.63, 3.8) is 0 Å². The van der Waals surface area contributed by atoms with Crippen LogP contribution < -0.4 is 11.3 Å². The molecule has 0 bridgehead atoms. The fraction of sp³-hybridized carbons (Fsp3) is 0.538. The summed E-state index contributed by atoms with van der Waals surface area (Å²) in [5, 5.41) is 8.75. The first-order valence-electron chi connectivity index (χ1n) is 6.79. The molecule has 0 unspecified atom stereocenters. The number of halogens is 1. The van der Waals surface area contributed by atoms with Gasteiger partial charge in [-0.2, -0.15) is 0 Å². The van der Waals surface area contributed by atoms with Crippen LogP contribution in [0.2, 0.25) is 0 Å². The van der Waals surface area contributed by atoms with Gasteiger partial charge in [-0.25, -0.2) is 10.8 Å². The molecule has 21 heavy (non-hydrogen) atoms. The largest absolute Gasteiger partial charge is 0.394 e. The Kier molecular flexibility index (Phi) is 5.92. The number of nitrogens with zero attached hydrogens (tertiary/aromatic N) is 2. The number of rotatable bonds is 5. The summed E-state index contributed by atoms with van der Waals surface area (Å²) in [6.45, 7) is 1.60. The molecule has 1 aliphatic rings. The highest BCUT2D eigenvalue weighted by atomic mass is 79.9. The summed E-state index contributed by atoms with van der Waals surface area (Å²) >= 11 is 3.31. The maximum absolute atomic E-state index is 12.5. The van der Waals surface area contributed by atoms with Gasteiger partial charge in [0.05, 0.1) is 24.9 Å². The molecule has 1 amide bonds. The number of piperidine rings is 1. The minimum absolute atomic E-state index is 0.0222. The number of likely N-dealkylation sites (tertiary alicyclic amines) is 1. The van der Waals surface area contributed by atoms with Gasteiger partial charge in [0.2, 0.25) is 0 Å². The van der Waals surface area contributed by atoms with Crippen LogP contribution in [0.5, 0.6) is 0 Å². The van der Waals surface area contributed by atoms with Gasteiger partial charge in [-0.15, -0.1) is 0 Å². The number of amides is 1. The SMILES string of the molecule is NNc1ncc(Br)cc1C(=O)N1CCC(OCCO)CC1. The van der Waals surface area contributed by atoms with Crippen LogP contribution >= 0.6 is 15.9 Å². The normalized spacial score (nSPS) is 16.0. The summed E-state index contributed by atoms with van der Waals surface area (Å²) in [5.74, 6) is 5.67. The van der Waals surface area contributed by atoms with E-state index in [1.807, 2.05) is 0 Å². The topological polar surface area (TPSA) is 101 Å². The summed E-state index contributed by atoms with van der Waals surface area (Å²) in [6, 6.07) is 1.71. The molecule has 2 rings (SSSR count). The number of aliphatic hydroxyl groups excluding tert-OH is 1. The van der Waals surface area contributed by atoms with Crippen molar-refractivity contribution in [3.8, 4) is 0 Å². The Balaban J connectivity index is 2.00. The van der Waals surface area contributed by atoms with Crippen LogP contribution in [0.4, 0.5) is 5.82 Å². The zero-order valence-electron chi connectivity index (χ0n) is 11.6. The van der Waals surface area contributed by atoms with Crippen molar-refractivity contribution in [1.82, 2.24) is 9.88 Å². The number of nitrogens with two attached hydrogens (primary N) is 1. The van der Waals surface area contributed by atoms with Crippen molar-refractivity contribution in [2.45, 2.75) is 18.9 Å². The van der Waals surface area contributed by atoms with Gasteiger partial charge < -0.3 is 20.2 Å². The molecule has 0 aromatic carbocycles. The fourth-order valence-electron chi connectivity index (χ4n) is 2.33. The first-order valence-corrected chi connectivity index (χ1v) is 7.59. The average molecular weight is 359 g/mol. The number of pyridine rings is 1. The first kappa shape index (κ1) is 16.2. The van der Waals surface area contributed by atoms with Gasteiger partial charge in [0.25, 0.3) is 5.91 Å². The number of nitrogens with one attached hydrogen (secondary N) is 1. The van der Waals surface area contributed by atoms with E-state index in [1.54, 1.807) is 17.2 Å². The van der Waals surface area contributed by atoms with Gasteiger partial charge in [0, 0.05) is 23.8 Å². The highest BCUT2D eigenvalue weighted by Crippen LogP contribution is 2.22. The van der Waals surface area contributed by atoms with Crippen LogP contribution in [0, 0.1) is 0 Å². The van der Waals surface area contributed by atoms with Crippen molar-refractivity contribution in [3.05, 3.63) is 22.3 Å². The molecule has 116 valence electrons. The zero-order chi connectivity index (χ0) is 15.2. The highest BCUT2D eigenvalue weighted by molar-refractivity contribution is 9.10. The molecule has 7 nitrogen and oxygen atoms in total. The number of carbonyl (C=O) groups excluding carboxylic acids is 1. The quantitative estimate of drug-likeness (QED) is 0.530. The standard InChI is InChI=1S/C13H19BrN4O3/c14-9-7-11(12(17-15)16-8-9)13(20)18-3-1-10(2-4-18)21-6-5-19/h7-8,10,19H,1-6,15H2,(H,16,17). The van der Waals surface area contributed by atoms with Crippen molar-refractivity contribution >= 4 is 27.7 Å². The summed E-state index contributed by atoms with van der Waals surface area (Å²) < 4.78 is 6.22. The Morgan fingerprint density at radius 1 is 1.57 bits per heavy atom. The molecule has 1 fully saturated rings. The molecule has 0 radical (unpaired) electrons. The number of aliphatic hydroxyl groups is 1. The molecule has 2 heterocycles. The molecule has 0 saturated carbocycles. The minimum atomic E-state index is -0.0997.